The molecule has 1 unspecified atom stereocenters. The molecule has 0 bridgehead atoms. The van der Waals surface area contributed by atoms with Crippen LogP contribution in [0.3, 0.4) is 0 Å². The van der Waals surface area contributed by atoms with Crippen molar-refractivity contribution in [1.82, 2.24) is 4.57 Å². The van der Waals surface area contributed by atoms with E-state index in [0.717, 1.165) is 19.1 Å². The van der Waals surface area contributed by atoms with E-state index in [1.54, 1.807) is 0 Å². The maximum Gasteiger partial charge on any atom is 0.0648 e. The molecule has 3 nitrogen and oxygen atoms in total. The Morgan fingerprint density at radius 1 is 1.50 bits per heavy atom. The molecule has 1 fully saturated rings. The first-order valence-electron chi connectivity index (χ1n) is 6.19. The van der Waals surface area contributed by atoms with Gasteiger partial charge in [-0.25, -0.2) is 0 Å². The highest BCUT2D eigenvalue weighted by Gasteiger charge is 2.29. The van der Waals surface area contributed by atoms with Crippen molar-refractivity contribution in [3.8, 4) is 0 Å². The minimum atomic E-state index is 0.243. The van der Waals surface area contributed by atoms with Gasteiger partial charge in [0.15, 0.2) is 0 Å². The SMILES string of the molecule is CC(C)OCCn1ccc(C(N)C2CC2)c1. The van der Waals surface area contributed by atoms with Crippen LogP contribution in [0.1, 0.15) is 38.3 Å². The number of aromatic nitrogens is 1. The molecule has 1 heterocycles. The van der Waals surface area contributed by atoms with Gasteiger partial charge in [0.25, 0.3) is 0 Å². The van der Waals surface area contributed by atoms with Gasteiger partial charge in [-0.2, -0.15) is 0 Å². The van der Waals surface area contributed by atoms with Crippen molar-refractivity contribution < 1.29 is 4.74 Å². The van der Waals surface area contributed by atoms with E-state index >= 15 is 0 Å². The van der Waals surface area contributed by atoms with Crippen LogP contribution in [0, 0.1) is 5.92 Å². The molecule has 3 heteroatoms. The molecule has 1 saturated carbocycles. The smallest absolute Gasteiger partial charge is 0.0648 e. The molecule has 16 heavy (non-hydrogen) atoms. The molecule has 1 aromatic rings. The van der Waals surface area contributed by atoms with E-state index in [4.69, 9.17) is 10.5 Å². The highest BCUT2D eigenvalue weighted by molar-refractivity contribution is 5.17. The first-order chi connectivity index (χ1) is 7.66. The van der Waals surface area contributed by atoms with Crippen molar-refractivity contribution >= 4 is 0 Å². The molecular weight excluding hydrogens is 200 g/mol. The lowest BCUT2D eigenvalue weighted by Gasteiger charge is -2.09. The minimum Gasteiger partial charge on any atom is -0.377 e. The van der Waals surface area contributed by atoms with E-state index in [0.29, 0.717) is 6.10 Å². The molecule has 1 aliphatic rings. The summed E-state index contributed by atoms with van der Waals surface area (Å²) in [6, 6.07) is 2.38. The monoisotopic (exact) mass is 222 g/mol. The first kappa shape index (κ1) is 11.7. The van der Waals surface area contributed by atoms with Crippen LogP contribution in [0.2, 0.25) is 0 Å². The van der Waals surface area contributed by atoms with Crippen LogP contribution in [0.5, 0.6) is 0 Å². The second-order valence-corrected chi connectivity index (χ2v) is 4.97. The lowest BCUT2D eigenvalue weighted by atomic mass is 10.1. The number of nitrogens with zero attached hydrogens (tertiary/aromatic N) is 1. The Hall–Kier alpha value is -0.800. The van der Waals surface area contributed by atoms with Crippen LogP contribution in [0.15, 0.2) is 18.5 Å². The van der Waals surface area contributed by atoms with E-state index in [2.05, 4.69) is 36.9 Å². The Balaban J connectivity index is 1.82. The molecule has 1 atom stereocenters. The molecule has 2 rings (SSSR count). The maximum atomic E-state index is 6.15. The Morgan fingerprint density at radius 2 is 2.25 bits per heavy atom. The van der Waals surface area contributed by atoms with Crippen LogP contribution in [-0.2, 0) is 11.3 Å². The molecule has 2 N–H and O–H groups in total. The van der Waals surface area contributed by atoms with Gasteiger partial charge in [-0.15, -0.1) is 0 Å². The largest absolute Gasteiger partial charge is 0.377 e. The molecule has 0 aromatic carbocycles. The molecule has 1 aromatic heterocycles. The van der Waals surface area contributed by atoms with Gasteiger partial charge in [0.05, 0.1) is 12.7 Å². The fourth-order valence-electron chi connectivity index (χ4n) is 1.92. The van der Waals surface area contributed by atoms with E-state index in [1.807, 2.05) is 0 Å². The van der Waals surface area contributed by atoms with Gasteiger partial charge in [0, 0.05) is 25.0 Å². The van der Waals surface area contributed by atoms with E-state index in [-0.39, 0.29) is 6.04 Å². The second-order valence-electron chi connectivity index (χ2n) is 4.97. The minimum absolute atomic E-state index is 0.243. The Morgan fingerprint density at radius 3 is 2.88 bits per heavy atom. The summed E-state index contributed by atoms with van der Waals surface area (Å²) in [5, 5.41) is 0. The van der Waals surface area contributed by atoms with Gasteiger partial charge in [-0.3, -0.25) is 0 Å². The predicted octanol–water partition coefficient (Wildman–Crippen LogP) is 2.32. The van der Waals surface area contributed by atoms with Gasteiger partial charge in [-0.1, -0.05) is 0 Å². The molecule has 0 aliphatic heterocycles. The standard InChI is InChI=1S/C13H22N2O/c1-10(2)16-8-7-15-6-5-12(9-15)13(14)11-3-4-11/h5-6,9-11,13H,3-4,7-8,14H2,1-2H3. The molecule has 0 amide bonds. The van der Waals surface area contributed by atoms with Crippen LogP contribution < -0.4 is 5.73 Å². The highest BCUT2D eigenvalue weighted by Crippen LogP contribution is 2.39. The third-order valence-corrected chi connectivity index (χ3v) is 3.09. The van der Waals surface area contributed by atoms with Gasteiger partial charge in [0.1, 0.15) is 0 Å². The summed E-state index contributed by atoms with van der Waals surface area (Å²) in [5.74, 6) is 0.725. The summed E-state index contributed by atoms with van der Waals surface area (Å²) in [4.78, 5) is 0. The molecular formula is C13H22N2O. The number of nitrogens with two attached hydrogens (primary N) is 1. The Bertz CT molecular complexity index is 328. The quantitative estimate of drug-likeness (QED) is 0.802. The third kappa shape index (κ3) is 3.09. The van der Waals surface area contributed by atoms with Crippen molar-refractivity contribution in [2.45, 2.75) is 45.4 Å². The van der Waals surface area contributed by atoms with Gasteiger partial charge >= 0.3 is 0 Å². The fourth-order valence-corrected chi connectivity index (χ4v) is 1.92. The summed E-state index contributed by atoms with van der Waals surface area (Å²) in [6.45, 7) is 5.80. The summed E-state index contributed by atoms with van der Waals surface area (Å²) in [5.41, 5.74) is 7.42. The van der Waals surface area contributed by atoms with Crippen molar-refractivity contribution in [1.29, 1.82) is 0 Å². The summed E-state index contributed by atoms with van der Waals surface area (Å²) in [7, 11) is 0. The summed E-state index contributed by atoms with van der Waals surface area (Å²) < 4.78 is 7.69. The lowest BCUT2D eigenvalue weighted by Crippen LogP contribution is -2.12. The Labute approximate surface area is 97.6 Å². The highest BCUT2D eigenvalue weighted by atomic mass is 16.5. The van der Waals surface area contributed by atoms with Crippen LogP contribution in [0.25, 0.3) is 0 Å². The van der Waals surface area contributed by atoms with E-state index in [1.165, 1.54) is 18.4 Å². The van der Waals surface area contributed by atoms with Crippen molar-refractivity contribution in [2.24, 2.45) is 11.7 Å². The van der Waals surface area contributed by atoms with Gasteiger partial charge in [0.2, 0.25) is 0 Å². The number of rotatable bonds is 6. The topological polar surface area (TPSA) is 40.2 Å². The zero-order chi connectivity index (χ0) is 11.5. The molecule has 0 radical (unpaired) electrons. The number of hydrogen-bond acceptors (Lipinski definition) is 2. The molecule has 90 valence electrons. The predicted molar refractivity (Wildman–Crippen MR) is 65.2 cm³/mol. The van der Waals surface area contributed by atoms with Crippen molar-refractivity contribution in [3.63, 3.8) is 0 Å². The summed E-state index contributed by atoms with van der Waals surface area (Å²) in [6.07, 6.45) is 7.16. The van der Waals surface area contributed by atoms with Gasteiger partial charge in [-0.05, 0) is 44.2 Å². The summed E-state index contributed by atoms with van der Waals surface area (Å²) >= 11 is 0. The lowest BCUT2D eigenvalue weighted by molar-refractivity contribution is 0.0728. The second kappa shape index (κ2) is 5.02. The van der Waals surface area contributed by atoms with Crippen molar-refractivity contribution in [2.75, 3.05) is 6.61 Å². The zero-order valence-corrected chi connectivity index (χ0v) is 10.2. The van der Waals surface area contributed by atoms with E-state index < -0.39 is 0 Å². The normalized spacial score (nSPS) is 18.0. The van der Waals surface area contributed by atoms with Crippen LogP contribution in [0.4, 0.5) is 0 Å². The average molecular weight is 222 g/mol. The van der Waals surface area contributed by atoms with Crippen molar-refractivity contribution in [3.05, 3.63) is 24.0 Å². The van der Waals surface area contributed by atoms with E-state index in [9.17, 15) is 0 Å². The van der Waals surface area contributed by atoms with Crippen LogP contribution in [-0.4, -0.2) is 17.3 Å². The maximum absolute atomic E-state index is 6.15. The number of hydrogen-bond donors (Lipinski definition) is 1. The fraction of sp³-hybridized carbons (Fsp3) is 0.692. The number of ether oxygens (including phenoxy) is 1. The molecule has 0 saturated heterocycles. The van der Waals surface area contributed by atoms with Crippen LogP contribution >= 0.6 is 0 Å². The zero-order valence-electron chi connectivity index (χ0n) is 10.2. The first-order valence-corrected chi connectivity index (χ1v) is 6.19. The third-order valence-electron chi connectivity index (χ3n) is 3.09. The molecule has 1 aliphatic carbocycles. The average Bonchev–Trinajstić information content (AvgIpc) is 2.97. The Kier molecular flexibility index (Phi) is 3.66. The molecule has 0 spiro atoms. The van der Waals surface area contributed by atoms with Gasteiger partial charge < -0.3 is 15.0 Å².